The fraction of sp³-hybridized carbons (Fsp3) is 0.217. The number of rotatable bonds is 9. The number of ketones is 3. The minimum Gasteiger partial charge on any atom is -0.478 e. The van der Waals surface area contributed by atoms with Crippen molar-refractivity contribution < 1.29 is 43.3 Å². The first kappa shape index (κ1) is 24.1. The Balaban J connectivity index is 1.99. The van der Waals surface area contributed by atoms with Crippen LogP contribution in [0.15, 0.2) is 36.4 Å². The van der Waals surface area contributed by atoms with Crippen LogP contribution in [-0.2, 0) is 9.47 Å². The lowest BCUT2D eigenvalue weighted by atomic mass is 9.98. The molecule has 2 aromatic carbocycles. The second kappa shape index (κ2) is 10.3. The SMILES string of the molecule is CC(=O)c1ccc(C(=O)OCCOC(=O)c2ccc(C(=O)O)c(C(C)=O)c2)cc1C(C)=O. The molecule has 9 heteroatoms. The third-order valence-corrected chi connectivity index (χ3v) is 4.43. The van der Waals surface area contributed by atoms with Crippen LogP contribution in [0.25, 0.3) is 0 Å². The van der Waals surface area contributed by atoms with E-state index in [1.807, 2.05) is 0 Å². The Morgan fingerprint density at radius 1 is 0.625 bits per heavy atom. The summed E-state index contributed by atoms with van der Waals surface area (Å²) >= 11 is 0. The molecule has 0 atom stereocenters. The Hall–Kier alpha value is -4.14. The molecule has 0 unspecified atom stereocenters. The molecule has 1 N–H and O–H groups in total. The fourth-order valence-corrected chi connectivity index (χ4v) is 2.85. The predicted molar refractivity (Wildman–Crippen MR) is 110 cm³/mol. The average molecular weight is 440 g/mol. The van der Waals surface area contributed by atoms with Gasteiger partial charge in [-0.05, 0) is 57.2 Å². The summed E-state index contributed by atoms with van der Waals surface area (Å²) in [6, 6.07) is 7.45. The highest BCUT2D eigenvalue weighted by molar-refractivity contribution is 6.09. The van der Waals surface area contributed by atoms with Crippen LogP contribution in [0.4, 0.5) is 0 Å². The molecule has 0 amide bonds. The van der Waals surface area contributed by atoms with Gasteiger partial charge >= 0.3 is 17.9 Å². The number of hydrogen-bond donors (Lipinski definition) is 1. The molecule has 2 aromatic rings. The summed E-state index contributed by atoms with van der Waals surface area (Å²) in [6.45, 7) is 3.17. The molecule has 0 aliphatic heterocycles. The highest BCUT2D eigenvalue weighted by Crippen LogP contribution is 2.16. The number of carboxylic acid groups (broad SMARTS) is 1. The van der Waals surface area contributed by atoms with Crippen molar-refractivity contribution in [1.82, 2.24) is 0 Å². The molecule has 2 rings (SSSR count). The summed E-state index contributed by atoms with van der Waals surface area (Å²) in [5, 5.41) is 9.10. The van der Waals surface area contributed by atoms with E-state index in [9.17, 15) is 28.8 Å². The smallest absolute Gasteiger partial charge is 0.338 e. The molecule has 9 nitrogen and oxygen atoms in total. The van der Waals surface area contributed by atoms with Crippen molar-refractivity contribution in [3.63, 3.8) is 0 Å². The molecule has 0 radical (unpaired) electrons. The summed E-state index contributed by atoms with van der Waals surface area (Å²) in [5.41, 5.74) is -0.0389. The first-order valence-corrected chi connectivity index (χ1v) is 9.41. The van der Waals surface area contributed by atoms with Gasteiger partial charge in [-0.2, -0.15) is 0 Å². The monoisotopic (exact) mass is 440 g/mol. The molecule has 0 aromatic heterocycles. The van der Waals surface area contributed by atoms with E-state index in [1.54, 1.807) is 0 Å². The topological polar surface area (TPSA) is 141 Å². The van der Waals surface area contributed by atoms with Crippen LogP contribution in [0.5, 0.6) is 0 Å². The number of ether oxygens (including phenoxy) is 2. The van der Waals surface area contributed by atoms with E-state index >= 15 is 0 Å². The van der Waals surface area contributed by atoms with Gasteiger partial charge in [0, 0.05) is 16.7 Å². The van der Waals surface area contributed by atoms with Crippen molar-refractivity contribution >= 4 is 35.3 Å². The lowest BCUT2D eigenvalue weighted by Gasteiger charge is -2.09. The molecular weight excluding hydrogens is 420 g/mol. The van der Waals surface area contributed by atoms with E-state index in [0.29, 0.717) is 0 Å². The summed E-state index contributed by atoms with van der Waals surface area (Å²) in [5.74, 6) is -4.12. The Bertz CT molecular complexity index is 1040. The number of Topliss-reactive ketones (excluding diaryl/α,β-unsaturated/α-hetero) is 3. The van der Waals surface area contributed by atoms with Crippen LogP contribution in [0, 0.1) is 0 Å². The van der Waals surface area contributed by atoms with Gasteiger partial charge in [0.05, 0.1) is 16.7 Å². The predicted octanol–water partition coefficient (Wildman–Crippen LogP) is 3.01. The van der Waals surface area contributed by atoms with Crippen molar-refractivity contribution in [3.8, 4) is 0 Å². The molecule has 0 saturated carbocycles. The van der Waals surface area contributed by atoms with E-state index in [-0.39, 0.29) is 58.2 Å². The summed E-state index contributed by atoms with van der Waals surface area (Å²) in [4.78, 5) is 70.4. The van der Waals surface area contributed by atoms with E-state index in [4.69, 9.17) is 14.6 Å². The third-order valence-electron chi connectivity index (χ3n) is 4.43. The van der Waals surface area contributed by atoms with Crippen molar-refractivity contribution in [1.29, 1.82) is 0 Å². The summed E-state index contributed by atoms with van der Waals surface area (Å²) < 4.78 is 10.0. The highest BCUT2D eigenvalue weighted by Gasteiger charge is 2.18. The molecular formula is C23H20O9. The second-order valence-corrected chi connectivity index (χ2v) is 6.77. The molecule has 0 heterocycles. The second-order valence-electron chi connectivity index (χ2n) is 6.77. The number of carbonyl (C=O) groups is 6. The van der Waals surface area contributed by atoms with E-state index in [0.717, 1.165) is 12.1 Å². The fourth-order valence-electron chi connectivity index (χ4n) is 2.85. The Labute approximate surface area is 182 Å². The number of aromatic carboxylic acids is 1. The van der Waals surface area contributed by atoms with Crippen molar-refractivity contribution in [2.75, 3.05) is 13.2 Å². The first-order valence-electron chi connectivity index (χ1n) is 9.41. The van der Waals surface area contributed by atoms with Gasteiger partial charge in [-0.1, -0.05) is 0 Å². The maximum Gasteiger partial charge on any atom is 0.338 e. The Morgan fingerprint density at radius 3 is 1.38 bits per heavy atom. The average Bonchev–Trinajstić information content (AvgIpc) is 2.75. The molecule has 0 bridgehead atoms. The summed E-state index contributed by atoms with van der Waals surface area (Å²) in [6.07, 6.45) is 0. The van der Waals surface area contributed by atoms with Gasteiger partial charge in [-0.25, -0.2) is 14.4 Å². The number of benzene rings is 2. The minimum atomic E-state index is -1.30. The van der Waals surface area contributed by atoms with Crippen molar-refractivity contribution in [2.45, 2.75) is 20.8 Å². The first-order chi connectivity index (χ1) is 15.0. The van der Waals surface area contributed by atoms with Gasteiger partial charge in [-0.3, -0.25) is 14.4 Å². The standard InChI is InChI=1S/C23H20O9/c1-12(24)17-6-4-15(10-19(17)13(2)25)22(29)31-8-9-32-23(30)16-5-7-18(21(27)28)20(11-16)14(3)26/h4-7,10-11H,8-9H2,1-3H3,(H,27,28). The van der Waals surface area contributed by atoms with E-state index in [2.05, 4.69) is 0 Å². The Kier molecular flexibility index (Phi) is 7.73. The van der Waals surface area contributed by atoms with Crippen LogP contribution in [-0.4, -0.2) is 53.6 Å². The highest BCUT2D eigenvalue weighted by atomic mass is 16.6. The van der Waals surface area contributed by atoms with Crippen LogP contribution in [0.2, 0.25) is 0 Å². The largest absolute Gasteiger partial charge is 0.478 e. The van der Waals surface area contributed by atoms with E-state index in [1.165, 1.54) is 45.0 Å². The summed E-state index contributed by atoms with van der Waals surface area (Å²) in [7, 11) is 0. The zero-order chi connectivity index (χ0) is 24.0. The van der Waals surface area contributed by atoms with Gasteiger partial charge in [0.15, 0.2) is 17.3 Å². The van der Waals surface area contributed by atoms with Gasteiger partial charge < -0.3 is 14.6 Å². The van der Waals surface area contributed by atoms with Gasteiger partial charge in [0.2, 0.25) is 0 Å². The zero-order valence-electron chi connectivity index (χ0n) is 17.6. The molecule has 166 valence electrons. The van der Waals surface area contributed by atoms with Gasteiger partial charge in [0.1, 0.15) is 13.2 Å². The molecule has 0 aliphatic carbocycles. The van der Waals surface area contributed by atoms with Gasteiger partial charge in [-0.15, -0.1) is 0 Å². The quantitative estimate of drug-likeness (QED) is 0.354. The maximum absolute atomic E-state index is 12.2. The third kappa shape index (κ3) is 5.72. The molecule has 0 spiro atoms. The molecule has 0 aliphatic rings. The Morgan fingerprint density at radius 2 is 1.00 bits per heavy atom. The lowest BCUT2D eigenvalue weighted by molar-refractivity contribution is 0.0265. The number of esters is 2. The van der Waals surface area contributed by atoms with Gasteiger partial charge in [0.25, 0.3) is 0 Å². The van der Waals surface area contributed by atoms with Crippen LogP contribution < -0.4 is 0 Å². The van der Waals surface area contributed by atoms with Crippen LogP contribution in [0.3, 0.4) is 0 Å². The lowest BCUT2D eigenvalue weighted by Crippen LogP contribution is -2.16. The van der Waals surface area contributed by atoms with Crippen molar-refractivity contribution in [2.24, 2.45) is 0 Å². The number of carboxylic acids is 1. The van der Waals surface area contributed by atoms with E-state index < -0.39 is 23.7 Å². The number of carbonyl (C=O) groups excluding carboxylic acids is 5. The minimum absolute atomic E-state index is 0.0301. The maximum atomic E-state index is 12.2. The van der Waals surface area contributed by atoms with Crippen LogP contribution in [0.1, 0.15) is 82.9 Å². The number of hydrogen-bond acceptors (Lipinski definition) is 8. The molecule has 0 saturated heterocycles. The molecule has 0 fully saturated rings. The van der Waals surface area contributed by atoms with Crippen molar-refractivity contribution in [3.05, 3.63) is 69.8 Å². The van der Waals surface area contributed by atoms with Crippen LogP contribution >= 0.6 is 0 Å². The zero-order valence-corrected chi connectivity index (χ0v) is 17.6. The normalized spacial score (nSPS) is 10.2. The molecule has 32 heavy (non-hydrogen) atoms.